The molecule has 7 nitrogen and oxygen atoms in total. The van der Waals surface area contributed by atoms with E-state index in [1.807, 2.05) is 7.05 Å². The molecule has 0 spiro atoms. The average molecular weight is 524 g/mol. The van der Waals surface area contributed by atoms with E-state index in [1.54, 1.807) is 11.8 Å². The fourth-order valence-electron chi connectivity index (χ4n) is 3.39. The number of aryl methyl sites for hydroxylation is 1. The van der Waals surface area contributed by atoms with Gasteiger partial charge in [0.15, 0.2) is 11.1 Å². The maximum absolute atomic E-state index is 4.39. The van der Waals surface area contributed by atoms with Crippen molar-refractivity contribution in [2.45, 2.75) is 57.7 Å². The summed E-state index contributed by atoms with van der Waals surface area (Å²) in [6.45, 7) is 10.8. The minimum atomic E-state index is 0. The molecule has 162 valence electrons. The van der Waals surface area contributed by atoms with Gasteiger partial charge >= 0.3 is 0 Å². The number of rotatable bonds is 10. The van der Waals surface area contributed by atoms with Crippen LogP contribution in [0.5, 0.6) is 0 Å². The van der Waals surface area contributed by atoms with Crippen LogP contribution in [-0.2, 0) is 13.0 Å². The van der Waals surface area contributed by atoms with Gasteiger partial charge < -0.3 is 20.1 Å². The molecule has 0 amide bonds. The molecule has 2 N–H and O–H groups in total. The normalized spacial score (nSPS) is 15.5. The summed E-state index contributed by atoms with van der Waals surface area (Å²) in [5, 5.41) is 16.6. The first-order chi connectivity index (χ1) is 13.1. The van der Waals surface area contributed by atoms with Gasteiger partial charge in [-0.2, -0.15) is 0 Å². The van der Waals surface area contributed by atoms with Crippen molar-refractivity contribution in [1.29, 1.82) is 0 Å². The molecule has 1 aliphatic heterocycles. The Morgan fingerprint density at radius 3 is 2.50 bits per heavy atom. The van der Waals surface area contributed by atoms with Crippen molar-refractivity contribution < 1.29 is 0 Å². The molecule has 0 aromatic carbocycles. The van der Waals surface area contributed by atoms with E-state index in [4.69, 9.17) is 0 Å². The van der Waals surface area contributed by atoms with Gasteiger partial charge in [-0.25, -0.2) is 0 Å². The number of piperidine rings is 1. The Labute approximate surface area is 191 Å². The van der Waals surface area contributed by atoms with Crippen molar-refractivity contribution in [3.63, 3.8) is 0 Å². The maximum atomic E-state index is 4.39. The van der Waals surface area contributed by atoms with Crippen LogP contribution >= 0.6 is 35.7 Å². The number of nitrogens with zero attached hydrogens (tertiary/aromatic N) is 5. The number of nitrogens with one attached hydrogen (secondary N) is 2. The highest BCUT2D eigenvalue weighted by Crippen LogP contribution is 2.16. The summed E-state index contributed by atoms with van der Waals surface area (Å²) in [6, 6.07) is 0. The number of thioether (sulfide) groups is 1. The Morgan fingerprint density at radius 2 is 1.86 bits per heavy atom. The molecular formula is C19H38IN7S. The highest BCUT2D eigenvalue weighted by atomic mass is 127. The largest absolute Gasteiger partial charge is 0.356 e. The van der Waals surface area contributed by atoms with E-state index in [-0.39, 0.29) is 24.0 Å². The van der Waals surface area contributed by atoms with Crippen LogP contribution in [0.4, 0.5) is 0 Å². The van der Waals surface area contributed by atoms with Crippen LogP contribution < -0.4 is 10.6 Å². The van der Waals surface area contributed by atoms with Crippen LogP contribution in [0.25, 0.3) is 0 Å². The zero-order chi connectivity index (χ0) is 19.5. The molecule has 1 aromatic rings. The SMILES string of the molecule is CN=C(NCCCc1nnc(SC)n1CC(C)C)NCCN1CCCCC1.I. The minimum Gasteiger partial charge on any atom is -0.356 e. The molecule has 28 heavy (non-hydrogen) atoms. The van der Waals surface area contributed by atoms with Crippen LogP contribution in [0, 0.1) is 5.92 Å². The zero-order valence-electron chi connectivity index (χ0n) is 17.9. The second kappa shape index (κ2) is 14.4. The topological polar surface area (TPSA) is 70.4 Å². The zero-order valence-corrected chi connectivity index (χ0v) is 21.1. The Balaban J connectivity index is 0.00000392. The van der Waals surface area contributed by atoms with Gasteiger partial charge in [-0.15, -0.1) is 34.2 Å². The second-order valence-electron chi connectivity index (χ2n) is 7.54. The lowest BCUT2D eigenvalue weighted by molar-refractivity contribution is 0.232. The third-order valence-electron chi connectivity index (χ3n) is 4.79. The first kappa shape index (κ1) is 25.5. The summed E-state index contributed by atoms with van der Waals surface area (Å²) in [5.41, 5.74) is 0. The first-order valence-electron chi connectivity index (χ1n) is 10.3. The van der Waals surface area contributed by atoms with Crippen LogP contribution in [0.2, 0.25) is 0 Å². The summed E-state index contributed by atoms with van der Waals surface area (Å²) in [5.74, 6) is 2.56. The van der Waals surface area contributed by atoms with E-state index in [1.165, 1.54) is 32.4 Å². The van der Waals surface area contributed by atoms with E-state index >= 15 is 0 Å². The smallest absolute Gasteiger partial charge is 0.191 e. The molecule has 1 aliphatic rings. The number of halogens is 1. The van der Waals surface area contributed by atoms with E-state index in [9.17, 15) is 0 Å². The van der Waals surface area contributed by atoms with Crippen molar-refractivity contribution in [2.24, 2.45) is 10.9 Å². The fourth-order valence-corrected chi connectivity index (χ4v) is 3.92. The van der Waals surface area contributed by atoms with Crippen LogP contribution in [0.15, 0.2) is 10.1 Å². The molecular weight excluding hydrogens is 485 g/mol. The summed E-state index contributed by atoms with van der Waals surface area (Å²) < 4.78 is 2.26. The standard InChI is InChI=1S/C19H37N7S.HI/c1-16(2)15-26-17(23-24-19(26)27-4)9-8-10-21-18(20-3)22-11-14-25-12-6-5-7-13-25;/h16H,5-15H2,1-4H3,(H2,20,21,22);1H. The Kier molecular flexibility index (Phi) is 13.1. The molecule has 0 radical (unpaired) electrons. The Hall–Kier alpha value is -0.550. The molecule has 0 unspecified atom stereocenters. The lowest BCUT2D eigenvalue weighted by Gasteiger charge is -2.26. The van der Waals surface area contributed by atoms with Gasteiger partial charge in [-0.3, -0.25) is 4.99 Å². The quantitative estimate of drug-likeness (QED) is 0.162. The molecule has 2 rings (SSSR count). The molecule has 0 atom stereocenters. The van der Waals surface area contributed by atoms with Gasteiger partial charge in [0, 0.05) is 39.6 Å². The number of guanidine groups is 1. The van der Waals surface area contributed by atoms with Crippen molar-refractivity contribution >= 4 is 41.7 Å². The first-order valence-corrected chi connectivity index (χ1v) is 11.5. The predicted molar refractivity (Wildman–Crippen MR) is 130 cm³/mol. The number of likely N-dealkylation sites (tertiary alicyclic amines) is 1. The second-order valence-corrected chi connectivity index (χ2v) is 8.31. The van der Waals surface area contributed by atoms with Gasteiger partial charge in [0.05, 0.1) is 0 Å². The van der Waals surface area contributed by atoms with Crippen molar-refractivity contribution in [2.75, 3.05) is 46.0 Å². The highest BCUT2D eigenvalue weighted by molar-refractivity contribution is 14.0. The van der Waals surface area contributed by atoms with E-state index in [0.29, 0.717) is 5.92 Å². The predicted octanol–water partition coefficient (Wildman–Crippen LogP) is 2.86. The van der Waals surface area contributed by atoms with Crippen molar-refractivity contribution in [3.05, 3.63) is 5.82 Å². The molecule has 1 aromatic heterocycles. The molecule has 1 saturated heterocycles. The molecule has 0 saturated carbocycles. The van der Waals surface area contributed by atoms with Crippen LogP contribution in [0.3, 0.4) is 0 Å². The summed E-state index contributed by atoms with van der Waals surface area (Å²) >= 11 is 1.67. The summed E-state index contributed by atoms with van der Waals surface area (Å²) in [6.07, 6.45) is 8.07. The lowest BCUT2D eigenvalue weighted by atomic mass is 10.1. The van der Waals surface area contributed by atoms with E-state index in [0.717, 1.165) is 56.0 Å². The minimum absolute atomic E-state index is 0. The summed E-state index contributed by atoms with van der Waals surface area (Å²) in [7, 11) is 1.83. The monoisotopic (exact) mass is 523 g/mol. The van der Waals surface area contributed by atoms with E-state index < -0.39 is 0 Å². The number of aliphatic imine (C=N–C) groups is 1. The average Bonchev–Trinajstić information content (AvgIpc) is 3.05. The fraction of sp³-hybridized carbons (Fsp3) is 0.842. The van der Waals surface area contributed by atoms with Gasteiger partial charge in [-0.1, -0.05) is 32.0 Å². The third-order valence-corrected chi connectivity index (χ3v) is 5.45. The Morgan fingerprint density at radius 1 is 1.14 bits per heavy atom. The molecule has 0 aliphatic carbocycles. The number of aromatic nitrogens is 3. The Bertz CT molecular complexity index is 571. The molecule has 0 bridgehead atoms. The molecule has 2 heterocycles. The van der Waals surface area contributed by atoms with Gasteiger partial charge in [0.25, 0.3) is 0 Å². The van der Waals surface area contributed by atoms with Crippen molar-refractivity contribution in [3.8, 4) is 0 Å². The molecule has 9 heteroatoms. The summed E-state index contributed by atoms with van der Waals surface area (Å²) in [4.78, 5) is 6.87. The highest BCUT2D eigenvalue weighted by Gasteiger charge is 2.12. The lowest BCUT2D eigenvalue weighted by Crippen LogP contribution is -2.43. The molecule has 1 fully saturated rings. The van der Waals surface area contributed by atoms with E-state index in [2.05, 4.69) is 55.4 Å². The number of hydrogen-bond acceptors (Lipinski definition) is 5. The van der Waals surface area contributed by atoms with Crippen molar-refractivity contribution in [1.82, 2.24) is 30.3 Å². The third kappa shape index (κ3) is 8.86. The van der Waals surface area contributed by atoms with Crippen LogP contribution in [-0.4, -0.2) is 71.7 Å². The van der Waals surface area contributed by atoms with Gasteiger partial charge in [-0.05, 0) is 44.5 Å². The van der Waals surface area contributed by atoms with Crippen LogP contribution in [0.1, 0.15) is 45.4 Å². The van der Waals surface area contributed by atoms with Gasteiger partial charge in [0.2, 0.25) is 0 Å². The maximum Gasteiger partial charge on any atom is 0.191 e. The van der Waals surface area contributed by atoms with Gasteiger partial charge in [0.1, 0.15) is 5.82 Å². The number of hydrogen-bond donors (Lipinski definition) is 2.